The third-order valence-electron chi connectivity index (χ3n) is 1.89. The number of carbonyl (C=O) groups is 1. The fourth-order valence-corrected chi connectivity index (χ4v) is 2.23. The van der Waals surface area contributed by atoms with Gasteiger partial charge in [-0.15, -0.1) is 6.42 Å². The molecule has 16 heavy (non-hydrogen) atoms. The van der Waals surface area contributed by atoms with Crippen LogP contribution in [0.2, 0.25) is 0 Å². The molecule has 0 unspecified atom stereocenters. The fraction of sp³-hybridized carbons (Fsp3) is 0.182. The first-order valence-electron chi connectivity index (χ1n) is 4.41. The quantitative estimate of drug-likeness (QED) is 0.792. The lowest BCUT2D eigenvalue weighted by molar-refractivity contribution is 0.0697. The van der Waals surface area contributed by atoms with Crippen LogP contribution in [0.5, 0.6) is 0 Å². The van der Waals surface area contributed by atoms with Gasteiger partial charge >= 0.3 is 5.97 Å². The molecular formula is C11H10O4S. The number of hydrogen-bond acceptors (Lipinski definition) is 3. The summed E-state index contributed by atoms with van der Waals surface area (Å²) < 4.78 is 22.7. The summed E-state index contributed by atoms with van der Waals surface area (Å²) in [7, 11) is -3.30. The fourth-order valence-electron chi connectivity index (χ4n) is 1.18. The average molecular weight is 238 g/mol. The molecule has 0 aliphatic rings. The van der Waals surface area contributed by atoms with Gasteiger partial charge in [0, 0.05) is 0 Å². The molecule has 4 nitrogen and oxygen atoms in total. The minimum absolute atomic E-state index is 0.123. The topological polar surface area (TPSA) is 71.4 Å². The number of carboxylic acid groups (broad SMARTS) is 1. The van der Waals surface area contributed by atoms with Gasteiger partial charge in [-0.1, -0.05) is 18.1 Å². The van der Waals surface area contributed by atoms with E-state index in [1.807, 2.05) is 0 Å². The van der Waals surface area contributed by atoms with Crippen molar-refractivity contribution in [2.45, 2.75) is 5.75 Å². The summed E-state index contributed by atoms with van der Waals surface area (Å²) in [6.07, 6.45) is 4.93. The number of sulfone groups is 1. The molecule has 0 heterocycles. The van der Waals surface area contributed by atoms with Crippen LogP contribution in [0.25, 0.3) is 0 Å². The Bertz CT molecular complexity index is 520. The molecule has 0 saturated heterocycles. The molecule has 0 atom stereocenters. The lowest BCUT2D eigenvalue weighted by Crippen LogP contribution is -2.08. The Kier molecular flexibility index (Phi) is 3.69. The second-order valence-corrected chi connectivity index (χ2v) is 5.30. The van der Waals surface area contributed by atoms with Gasteiger partial charge in [0.2, 0.25) is 0 Å². The Labute approximate surface area is 93.8 Å². The van der Waals surface area contributed by atoms with Crippen LogP contribution in [-0.4, -0.2) is 25.2 Å². The molecule has 0 aliphatic heterocycles. The van der Waals surface area contributed by atoms with E-state index in [2.05, 4.69) is 5.92 Å². The average Bonchev–Trinajstić information content (AvgIpc) is 2.17. The van der Waals surface area contributed by atoms with Crippen molar-refractivity contribution in [1.29, 1.82) is 0 Å². The van der Waals surface area contributed by atoms with E-state index in [1.54, 1.807) is 0 Å². The molecule has 0 spiro atoms. The van der Waals surface area contributed by atoms with E-state index in [9.17, 15) is 13.2 Å². The predicted molar refractivity (Wildman–Crippen MR) is 59.7 cm³/mol. The van der Waals surface area contributed by atoms with Gasteiger partial charge in [0.05, 0.1) is 11.3 Å². The van der Waals surface area contributed by atoms with Crippen molar-refractivity contribution in [2.24, 2.45) is 0 Å². The highest BCUT2D eigenvalue weighted by atomic mass is 32.2. The Morgan fingerprint density at radius 1 is 1.31 bits per heavy atom. The maximum atomic E-state index is 11.4. The number of benzene rings is 1. The second kappa shape index (κ2) is 4.81. The van der Waals surface area contributed by atoms with Crippen molar-refractivity contribution in [3.05, 3.63) is 35.4 Å². The van der Waals surface area contributed by atoms with Gasteiger partial charge in [0.15, 0.2) is 9.84 Å². The molecule has 1 N–H and O–H groups in total. The van der Waals surface area contributed by atoms with Crippen LogP contribution in [0.4, 0.5) is 0 Å². The highest BCUT2D eigenvalue weighted by molar-refractivity contribution is 7.90. The van der Waals surface area contributed by atoms with Gasteiger partial charge in [-0.05, 0) is 17.7 Å². The Hall–Kier alpha value is -1.80. The molecule has 1 aromatic rings. The van der Waals surface area contributed by atoms with Crippen molar-refractivity contribution in [2.75, 3.05) is 5.75 Å². The lowest BCUT2D eigenvalue weighted by Gasteiger charge is -2.01. The number of aromatic carboxylic acids is 1. The summed E-state index contributed by atoms with van der Waals surface area (Å²) >= 11 is 0. The van der Waals surface area contributed by atoms with Crippen molar-refractivity contribution >= 4 is 15.8 Å². The Balaban J connectivity index is 2.85. The van der Waals surface area contributed by atoms with Crippen LogP contribution >= 0.6 is 0 Å². The summed E-state index contributed by atoms with van der Waals surface area (Å²) in [6.45, 7) is 0. The highest BCUT2D eigenvalue weighted by Gasteiger charge is 2.10. The molecule has 5 heteroatoms. The first-order valence-corrected chi connectivity index (χ1v) is 6.23. The molecule has 0 radical (unpaired) electrons. The maximum absolute atomic E-state index is 11.4. The Morgan fingerprint density at radius 3 is 2.31 bits per heavy atom. The van der Waals surface area contributed by atoms with Crippen LogP contribution in [0, 0.1) is 12.3 Å². The first kappa shape index (κ1) is 12.3. The molecule has 0 aromatic heterocycles. The summed E-state index contributed by atoms with van der Waals surface area (Å²) in [6, 6.07) is 5.67. The molecule has 84 valence electrons. The molecule has 1 rings (SSSR count). The second-order valence-electron chi connectivity index (χ2n) is 3.24. The summed E-state index contributed by atoms with van der Waals surface area (Å²) in [5, 5.41) is 8.65. The number of hydrogen-bond donors (Lipinski definition) is 1. The van der Waals surface area contributed by atoms with Crippen molar-refractivity contribution in [3.8, 4) is 12.3 Å². The molecule has 0 bridgehead atoms. The van der Waals surface area contributed by atoms with Crippen molar-refractivity contribution in [1.82, 2.24) is 0 Å². The first-order chi connectivity index (χ1) is 7.44. The monoisotopic (exact) mass is 238 g/mol. The molecule has 0 saturated carbocycles. The third-order valence-corrected chi connectivity index (χ3v) is 3.27. The largest absolute Gasteiger partial charge is 0.478 e. The van der Waals surface area contributed by atoms with E-state index >= 15 is 0 Å². The van der Waals surface area contributed by atoms with Crippen molar-refractivity contribution < 1.29 is 18.3 Å². The minimum Gasteiger partial charge on any atom is -0.478 e. The van der Waals surface area contributed by atoms with Crippen LogP contribution in [0.15, 0.2) is 24.3 Å². The standard InChI is InChI=1S/C11H10O4S/c1-2-7-16(14,15)8-9-3-5-10(6-4-9)11(12)13/h1,3-6H,7-8H2,(H,12,13). The Morgan fingerprint density at radius 2 is 1.88 bits per heavy atom. The highest BCUT2D eigenvalue weighted by Crippen LogP contribution is 2.08. The van der Waals surface area contributed by atoms with Gasteiger partial charge in [-0.25, -0.2) is 13.2 Å². The van der Waals surface area contributed by atoms with E-state index in [-0.39, 0.29) is 17.1 Å². The van der Waals surface area contributed by atoms with E-state index in [4.69, 9.17) is 11.5 Å². The number of rotatable bonds is 4. The number of carboxylic acids is 1. The van der Waals surface area contributed by atoms with Gasteiger partial charge in [-0.2, -0.15) is 0 Å². The summed E-state index contributed by atoms with van der Waals surface area (Å²) in [5.41, 5.74) is 0.651. The van der Waals surface area contributed by atoms with Gasteiger partial charge in [0.1, 0.15) is 5.75 Å². The zero-order valence-electron chi connectivity index (χ0n) is 8.38. The van der Waals surface area contributed by atoms with E-state index in [0.29, 0.717) is 5.56 Å². The summed E-state index contributed by atoms with van der Waals surface area (Å²) in [5.74, 6) is 0.551. The molecule has 0 fully saturated rings. The van der Waals surface area contributed by atoms with Crippen LogP contribution in [0.1, 0.15) is 15.9 Å². The van der Waals surface area contributed by atoms with Crippen LogP contribution in [-0.2, 0) is 15.6 Å². The van der Waals surface area contributed by atoms with Gasteiger partial charge < -0.3 is 5.11 Å². The zero-order chi connectivity index (χ0) is 12.2. The molecular weight excluding hydrogens is 228 g/mol. The maximum Gasteiger partial charge on any atom is 0.335 e. The van der Waals surface area contributed by atoms with E-state index in [1.165, 1.54) is 24.3 Å². The van der Waals surface area contributed by atoms with Crippen LogP contribution in [0.3, 0.4) is 0 Å². The van der Waals surface area contributed by atoms with E-state index in [0.717, 1.165) is 0 Å². The molecule has 0 amide bonds. The van der Waals surface area contributed by atoms with Crippen LogP contribution < -0.4 is 0 Å². The molecule has 0 aliphatic carbocycles. The van der Waals surface area contributed by atoms with Gasteiger partial charge in [0.25, 0.3) is 0 Å². The SMILES string of the molecule is C#CCS(=O)(=O)Cc1ccc(C(=O)O)cc1. The normalized spacial score (nSPS) is 10.7. The molecule has 1 aromatic carbocycles. The minimum atomic E-state index is -3.30. The summed E-state index contributed by atoms with van der Waals surface area (Å²) in [4.78, 5) is 10.6. The third kappa shape index (κ3) is 3.41. The number of terminal acetylenes is 1. The predicted octanol–water partition coefficient (Wildman–Crippen LogP) is 0.933. The zero-order valence-corrected chi connectivity index (χ0v) is 9.20. The van der Waals surface area contributed by atoms with Crippen molar-refractivity contribution in [3.63, 3.8) is 0 Å². The van der Waals surface area contributed by atoms with E-state index < -0.39 is 15.8 Å². The van der Waals surface area contributed by atoms with Gasteiger partial charge in [-0.3, -0.25) is 0 Å². The lowest BCUT2D eigenvalue weighted by atomic mass is 10.1. The smallest absolute Gasteiger partial charge is 0.335 e.